The molecule has 2 aromatic rings. The van der Waals surface area contributed by atoms with Crippen LogP contribution >= 0.6 is 27.7 Å². The van der Waals surface area contributed by atoms with Crippen LogP contribution in [0.25, 0.3) is 6.08 Å². The molecule has 0 bridgehead atoms. The number of nitrogens with zero attached hydrogens (tertiary/aromatic N) is 1. The summed E-state index contributed by atoms with van der Waals surface area (Å²) < 4.78 is 6.76. The van der Waals surface area contributed by atoms with Crippen LogP contribution in [0.4, 0.5) is 5.69 Å². The predicted octanol–water partition coefficient (Wildman–Crippen LogP) is 5.79. The highest BCUT2D eigenvalue weighted by molar-refractivity contribution is 9.10. The van der Waals surface area contributed by atoms with Gasteiger partial charge in [0.1, 0.15) is 6.54 Å². The molecule has 2 aromatic carbocycles. The van der Waals surface area contributed by atoms with Crippen molar-refractivity contribution in [1.82, 2.24) is 5.32 Å². The van der Waals surface area contributed by atoms with Gasteiger partial charge in [0.15, 0.2) is 11.5 Å². The first-order valence-electron chi connectivity index (χ1n) is 11.5. The van der Waals surface area contributed by atoms with E-state index in [0.717, 1.165) is 27.5 Å². The molecule has 1 fully saturated rings. The van der Waals surface area contributed by atoms with E-state index in [0.29, 0.717) is 18.0 Å². The van der Waals surface area contributed by atoms with Crippen LogP contribution in [0.15, 0.2) is 58.8 Å². The first-order chi connectivity index (χ1) is 16.1. The standard InChI is InChI=1S/C26H29BrN2O3S/c27-21-12-5-4-9-19(21)17-24-26(31)29(22-13-6-7-14-23(22)32-24)18-25(30)28-15-8-16-33-20-10-2-1-3-11-20/h4-7,9,12-14,17,20H,1-3,8,10-11,15-16,18H2,(H,28,30). The van der Waals surface area contributed by atoms with Gasteiger partial charge in [-0.2, -0.15) is 11.8 Å². The molecule has 1 saturated carbocycles. The van der Waals surface area contributed by atoms with Gasteiger partial charge in [-0.1, -0.05) is 65.5 Å². The Morgan fingerprint density at radius 1 is 1.12 bits per heavy atom. The summed E-state index contributed by atoms with van der Waals surface area (Å²) in [5.41, 5.74) is 1.44. The molecular formula is C26H29BrN2O3S. The van der Waals surface area contributed by atoms with Gasteiger partial charge in [-0.3, -0.25) is 14.5 Å². The summed E-state index contributed by atoms with van der Waals surface area (Å²) in [6.45, 7) is 0.584. The van der Waals surface area contributed by atoms with Crippen LogP contribution in [-0.4, -0.2) is 35.9 Å². The first kappa shape index (κ1) is 23.9. The number of rotatable bonds is 8. The minimum atomic E-state index is -0.326. The molecule has 0 saturated heterocycles. The van der Waals surface area contributed by atoms with Gasteiger partial charge in [0.2, 0.25) is 5.91 Å². The number of hydrogen-bond acceptors (Lipinski definition) is 4. The second kappa shape index (κ2) is 11.7. The fourth-order valence-corrected chi connectivity index (χ4v) is 5.84. The zero-order chi connectivity index (χ0) is 23.0. The molecule has 2 amide bonds. The van der Waals surface area contributed by atoms with E-state index in [2.05, 4.69) is 21.2 Å². The summed E-state index contributed by atoms with van der Waals surface area (Å²) in [5, 5.41) is 3.76. The van der Waals surface area contributed by atoms with Crippen molar-refractivity contribution in [2.24, 2.45) is 0 Å². The van der Waals surface area contributed by atoms with Gasteiger partial charge in [-0.05, 0) is 54.9 Å². The summed E-state index contributed by atoms with van der Waals surface area (Å²) in [6.07, 6.45) is 9.36. The van der Waals surface area contributed by atoms with Crippen molar-refractivity contribution in [3.63, 3.8) is 0 Å². The van der Waals surface area contributed by atoms with Crippen molar-refractivity contribution < 1.29 is 14.3 Å². The number of ether oxygens (including phenoxy) is 1. The molecule has 1 N–H and O–H groups in total. The summed E-state index contributed by atoms with van der Waals surface area (Å²) in [6, 6.07) is 14.9. The van der Waals surface area contributed by atoms with E-state index >= 15 is 0 Å². The van der Waals surface area contributed by atoms with Crippen LogP contribution in [0.2, 0.25) is 0 Å². The summed E-state index contributed by atoms with van der Waals surface area (Å²) >= 11 is 5.54. The second-order valence-electron chi connectivity index (χ2n) is 8.33. The monoisotopic (exact) mass is 528 g/mol. The summed E-state index contributed by atoms with van der Waals surface area (Å²) in [5.74, 6) is 1.32. The Balaban J connectivity index is 1.36. The van der Waals surface area contributed by atoms with E-state index in [1.165, 1.54) is 37.0 Å². The van der Waals surface area contributed by atoms with Crippen LogP contribution in [-0.2, 0) is 9.59 Å². The normalized spacial score (nSPS) is 17.5. The number of nitrogens with one attached hydrogen (secondary N) is 1. The number of carbonyl (C=O) groups excluding carboxylic acids is 2. The molecule has 0 atom stereocenters. The quantitative estimate of drug-likeness (QED) is 0.348. The highest BCUT2D eigenvalue weighted by Gasteiger charge is 2.31. The SMILES string of the molecule is O=C(CN1C(=O)C(=Cc2ccccc2Br)Oc2ccccc21)NCCCSC1CCCCC1. The lowest BCUT2D eigenvalue weighted by Gasteiger charge is -2.30. The molecule has 1 aliphatic heterocycles. The molecule has 1 aliphatic carbocycles. The van der Waals surface area contributed by atoms with Gasteiger partial charge < -0.3 is 10.1 Å². The van der Waals surface area contributed by atoms with E-state index in [9.17, 15) is 9.59 Å². The highest BCUT2D eigenvalue weighted by atomic mass is 79.9. The fraction of sp³-hybridized carbons (Fsp3) is 0.385. The van der Waals surface area contributed by atoms with E-state index in [1.54, 1.807) is 12.1 Å². The molecule has 1 heterocycles. The number of benzene rings is 2. The molecule has 33 heavy (non-hydrogen) atoms. The lowest BCUT2D eigenvalue weighted by atomic mass is 10.0. The molecule has 2 aliphatic rings. The third-order valence-corrected chi connectivity index (χ3v) is 8.06. The minimum Gasteiger partial charge on any atom is -0.449 e. The van der Waals surface area contributed by atoms with E-state index in [4.69, 9.17) is 4.74 Å². The molecule has 0 unspecified atom stereocenters. The number of halogens is 1. The average Bonchev–Trinajstić information content (AvgIpc) is 2.83. The Bertz CT molecular complexity index is 1020. The summed E-state index contributed by atoms with van der Waals surface area (Å²) in [7, 11) is 0. The van der Waals surface area contributed by atoms with Crippen LogP contribution in [0.5, 0.6) is 5.75 Å². The molecule has 0 radical (unpaired) electrons. The minimum absolute atomic E-state index is 0.0394. The highest BCUT2D eigenvalue weighted by Crippen LogP contribution is 2.36. The van der Waals surface area contributed by atoms with E-state index in [1.807, 2.05) is 54.2 Å². The number of thioether (sulfide) groups is 1. The molecule has 7 heteroatoms. The number of para-hydroxylation sites is 2. The second-order valence-corrected chi connectivity index (χ2v) is 10.6. The first-order valence-corrected chi connectivity index (χ1v) is 13.4. The smallest absolute Gasteiger partial charge is 0.294 e. The van der Waals surface area contributed by atoms with Crippen LogP contribution in [0, 0.1) is 0 Å². The van der Waals surface area contributed by atoms with Crippen molar-refractivity contribution in [2.75, 3.05) is 23.7 Å². The lowest BCUT2D eigenvalue weighted by molar-refractivity contribution is -0.123. The average molecular weight is 530 g/mol. The Morgan fingerprint density at radius 2 is 1.88 bits per heavy atom. The van der Waals surface area contributed by atoms with Gasteiger partial charge >= 0.3 is 0 Å². The molecular weight excluding hydrogens is 500 g/mol. The largest absolute Gasteiger partial charge is 0.449 e. The van der Waals surface area contributed by atoms with E-state index < -0.39 is 0 Å². The number of fused-ring (bicyclic) bond motifs is 1. The maximum atomic E-state index is 13.2. The zero-order valence-electron chi connectivity index (χ0n) is 18.6. The maximum Gasteiger partial charge on any atom is 0.294 e. The van der Waals surface area contributed by atoms with Gasteiger partial charge in [-0.25, -0.2) is 0 Å². The van der Waals surface area contributed by atoms with E-state index in [-0.39, 0.29) is 24.1 Å². The molecule has 5 nitrogen and oxygen atoms in total. The topological polar surface area (TPSA) is 58.6 Å². The molecule has 174 valence electrons. The third kappa shape index (κ3) is 6.42. The van der Waals surface area contributed by atoms with Crippen molar-refractivity contribution >= 4 is 51.3 Å². The van der Waals surface area contributed by atoms with Crippen LogP contribution in [0.3, 0.4) is 0 Å². The summed E-state index contributed by atoms with van der Waals surface area (Å²) in [4.78, 5) is 27.4. The number of anilines is 1. The van der Waals surface area contributed by atoms with Crippen molar-refractivity contribution in [3.05, 3.63) is 64.3 Å². The van der Waals surface area contributed by atoms with Crippen LogP contribution in [0.1, 0.15) is 44.1 Å². The van der Waals surface area contributed by atoms with Gasteiger partial charge in [-0.15, -0.1) is 0 Å². The van der Waals surface area contributed by atoms with Crippen molar-refractivity contribution in [1.29, 1.82) is 0 Å². The number of hydrogen-bond donors (Lipinski definition) is 1. The lowest BCUT2D eigenvalue weighted by Crippen LogP contribution is -2.44. The fourth-order valence-electron chi connectivity index (χ4n) is 4.13. The van der Waals surface area contributed by atoms with Gasteiger partial charge in [0.05, 0.1) is 5.69 Å². The number of carbonyl (C=O) groups is 2. The third-order valence-electron chi connectivity index (χ3n) is 5.87. The Labute approximate surface area is 208 Å². The van der Waals surface area contributed by atoms with Crippen molar-refractivity contribution in [2.45, 2.75) is 43.8 Å². The Kier molecular flexibility index (Phi) is 8.51. The van der Waals surface area contributed by atoms with Crippen molar-refractivity contribution in [3.8, 4) is 5.75 Å². The Morgan fingerprint density at radius 3 is 2.70 bits per heavy atom. The predicted molar refractivity (Wildman–Crippen MR) is 138 cm³/mol. The Hall–Kier alpha value is -2.25. The number of amides is 2. The van der Waals surface area contributed by atoms with Gasteiger partial charge in [0, 0.05) is 16.3 Å². The van der Waals surface area contributed by atoms with Gasteiger partial charge in [0.25, 0.3) is 5.91 Å². The van der Waals surface area contributed by atoms with Crippen LogP contribution < -0.4 is 15.0 Å². The molecule has 0 aromatic heterocycles. The maximum absolute atomic E-state index is 13.2. The molecule has 0 spiro atoms. The molecule has 4 rings (SSSR count). The zero-order valence-corrected chi connectivity index (χ0v) is 21.0.